The number of nitrogens with two attached hydrogens (primary N) is 2. The molecule has 2 aromatic rings. The first-order valence-corrected chi connectivity index (χ1v) is 8.59. The molecule has 27 heavy (non-hydrogen) atoms. The van der Waals surface area contributed by atoms with Crippen molar-refractivity contribution in [2.45, 2.75) is 38.1 Å². The van der Waals surface area contributed by atoms with Crippen molar-refractivity contribution in [3.05, 3.63) is 53.6 Å². The van der Waals surface area contributed by atoms with Gasteiger partial charge < -0.3 is 36.3 Å². The Hall–Kier alpha value is -2.32. The number of hydrogen-bond donors (Lipinski definition) is 5. The van der Waals surface area contributed by atoms with E-state index in [0.29, 0.717) is 22.6 Å². The maximum absolute atomic E-state index is 9.87. The summed E-state index contributed by atoms with van der Waals surface area (Å²) in [6.07, 6.45) is -1.47. The van der Waals surface area contributed by atoms with Gasteiger partial charge in [-0.2, -0.15) is 0 Å². The van der Waals surface area contributed by atoms with Crippen LogP contribution in [0, 0.1) is 0 Å². The molecular weight excluding hydrogens is 348 g/mol. The number of phenolic OH excluding ortho intramolecular Hbond substituents is 1. The average Bonchev–Trinajstić information content (AvgIpc) is 2.66. The molecule has 7 N–H and O–H groups in total. The lowest BCUT2D eigenvalue weighted by Crippen LogP contribution is -2.24. The molecule has 150 valence electrons. The summed E-state index contributed by atoms with van der Waals surface area (Å²) in [6, 6.07) is 11.0. The zero-order valence-electron chi connectivity index (χ0n) is 16.2. The number of methoxy groups -OCH3 is 2. The third kappa shape index (κ3) is 6.73. The van der Waals surface area contributed by atoms with Gasteiger partial charge in [-0.3, -0.25) is 0 Å². The number of rotatable bonds is 6. The van der Waals surface area contributed by atoms with Crippen LogP contribution in [0.5, 0.6) is 17.2 Å². The Morgan fingerprint density at radius 3 is 1.96 bits per heavy atom. The molecule has 0 amide bonds. The second kappa shape index (κ2) is 10.7. The van der Waals surface area contributed by atoms with Gasteiger partial charge in [0, 0.05) is 17.6 Å². The number of benzene rings is 2. The van der Waals surface area contributed by atoms with Crippen LogP contribution >= 0.6 is 0 Å². The number of aromatic hydroxyl groups is 1. The second-order valence-electron chi connectivity index (χ2n) is 6.31. The largest absolute Gasteiger partial charge is 0.508 e. The molecule has 0 bridgehead atoms. The fourth-order valence-corrected chi connectivity index (χ4v) is 2.37. The van der Waals surface area contributed by atoms with Gasteiger partial charge in [0.05, 0.1) is 26.4 Å². The number of aliphatic hydroxyl groups excluding tert-OH is 2. The summed E-state index contributed by atoms with van der Waals surface area (Å²) in [5.74, 6) is 1.43. The van der Waals surface area contributed by atoms with Crippen molar-refractivity contribution < 1.29 is 24.8 Å². The molecule has 0 aliphatic carbocycles. The van der Waals surface area contributed by atoms with E-state index in [-0.39, 0.29) is 17.8 Å². The fraction of sp³-hybridized carbons (Fsp3) is 0.400. The smallest absolute Gasteiger partial charge is 0.124 e. The van der Waals surface area contributed by atoms with Gasteiger partial charge in [0.1, 0.15) is 17.2 Å². The maximum atomic E-state index is 9.87. The number of ether oxygens (including phenoxy) is 2. The molecule has 0 aliphatic rings. The Bertz CT molecular complexity index is 707. The maximum Gasteiger partial charge on any atom is 0.124 e. The van der Waals surface area contributed by atoms with Crippen molar-refractivity contribution in [3.8, 4) is 17.2 Å². The van der Waals surface area contributed by atoms with Crippen LogP contribution in [0.25, 0.3) is 0 Å². The van der Waals surface area contributed by atoms with Crippen molar-refractivity contribution in [1.82, 2.24) is 0 Å². The van der Waals surface area contributed by atoms with E-state index in [2.05, 4.69) is 0 Å². The predicted molar refractivity (Wildman–Crippen MR) is 105 cm³/mol. The first-order chi connectivity index (χ1) is 12.7. The summed E-state index contributed by atoms with van der Waals surface area (Å²) in [5.41, 5.74) is 12.4. The summed E-state index contributed by atoms with van der Waals surface area (Å²) in [5, 5.41) is 28.4. The Morgan fingerprint density at radius 2 is 1.48 bits per heavy atom. The van der Waals surface area contributed by atoms with Crippen molar-refractivity contribution in [1.29, 1.82) is 0 Å². The third-order valence-electron chi connectivity index (χ3n) is 3.96. The van der Waals surface area contributed by atoms with Gasteiger partial charge in [-0.15, -0.1) is 0 Å². The van der Waals surface area contributed by atoms with Crippen molar-refractivity contribution in [3.63, 3.8) is 0 Å². The lowest BCUT2D eigenvalue weighted by molar-refractivity contribution is 0.149. The lowest BCUT2D eigenvalue weighted by Gasteiger charge is -2.18. The second-order valence-corrected chi connectivity index (χ2v) is 6.31. The Balaban J connectivity index is 0.000000277. The molecule has 0 saturated carbocycles. The molecule has 0 heterocycles. The predicted octanol–water partition coefficient (Wildman–Crippen LogP) is 1.86. The van der Waals surface area contributed by atoms with E-state index >= 15 is 0 Å². The van der Waals surface area contributed by atoms with Crippen molar-refractivity contribution >= 4 is 0 Å². The summed E-state index contributed by atoms with van der Waals surface area (Å²) >= 11 is 0. The molecule has 0 aromatic heterocycles. The van der Waals surface area contributed by atoms with Crippen LogP contribution in [-0.2, 0) is 0 Å². The van der Waals surface area contributed by atoms with E-state index in [1.54, 1.807) is 64.5 Å². The van der Waals surface area contributed by atoms with E-state index in [4.69, 9.17) is 26.0 Å². The van der Waals surface area contributed by atoms with Gasteiger partial charge in [0.15, 0.2) is 0 Å². The third-order valence-corrected chi connectivity index (χ3v) is 3.96. The minimum Gasteiger partial charge on any atom is -0.508 e. The van der Waals surface area contributed by atoms with Gasteiger partial charge in [-0.05, 0) is 49.7 Å². The summed E-state index contributed by atoms with van der Waals surface area (Å²) in [6.45, 7) is 3.46. The zero-order valence-corrected chi connectivity index (χ0v) is 16.2. The van der Waals surface area contributed by atoms with Crippen LogP contribution in [0.2, 0.25) is 0 Å². The molecule has 0 radical (unpaired) electrons. The molecule has 2 rings (SSSR count). The molecular formula is C20H30N2O5. The highest BCUT2D eigenvalue weighted by molar-refractivity contribution is 5.42. The standard InChI is InChI=1S/C11H17NO3.C9H13NO2/c1-7(12)11(13)9-6-8(14-2)4-5-10(9)15-3;1-6(10)9(12)7-3-2-4-8(11)5-7/h4-7,11,13H,12H2,1-3H3;2-6,9,11-12H,10H2,1H3/t;6-,9-/m.0/s1. The highest BCUT2D eigenvalue weighted by atomic mass is 16.5. The lowest BCUT2D eigenvalue weighted by atomic mass is 10.0. The molecule has 0 aliphatic heterocycles. The minimum atomic E-state index is -0.755. The van der Waals surface area contributed by atoms with Crippen LogP contribution in [0.4, 0.5) is 0 Å². The van der Waals surface area contributed by atoms with Crippen LogP contribution in [0.3, 0.4) is 0 Å². The number of aliphatic hydroxyl groups is 2. The topological polar surface area (TPSA) is 131 Å². The molecule has 7 nitrogen and oxygen atoms in total. The fourth-order valence-electron chi connectivity index (χ4n) is 2.37. The summed E-state index contributed by atoms with van der Waals surface area (Å²) in [7, 11) is 3.13. The van der Waals surface area contributed by atoms with E-state index < -0.39 is 12.2 Å². The van der Waals surface area contributed by atoms with Gasteiger partial charge in [-0.1, -0.05) is 12.1 Å². The van der Waals surface area contributed by atoms with E-state index in [0.717, 1.165) is 0 Å². The minimum absolute atomic E-state index is 0.146. The molecule has 2 aromatic carbocycles. The van der Waals surface area contributed by atoms with Gasteiger partial charge in [0.25, 0.3) is 0 Å². The van der Waals surface area contributed by atoms with Crippen molar-refractivity contribution in [2.75, 3.05) is 14.2 Å². The first kappa shape index (κ1) is 22.7. The number of hydrogen-bond acceptors (Lipinski definition) is 7. The highest BCUT2D eigenvalue weighted by Crippen LogP contribution is 2.30. The van der Waals surface area contributed by atoms with E-state index in [1.165, 1.54) is 6.07 Å². The first-order valence-electron chi connectivity index (χ1n) is 8.59. The van der Waals surface area contributed by atoms with E-state index in [9.17, 15) is 10.2 Å². The van der Waals surface area contributed by atoms with Crippen LogP contribution in [0.1, 0.15) is 37.2 Å². The summed E-state index contributed by atoms with van der Waals surface area (Å²) in [4.78, 5) is 0. The normalized spacial score (nSPS) is 15.0. The number of phenols is 1. The summed E-state index contributed by atoms with van der Waals surface area (Å²) < 4.78 is 10.2. The molecule has 4 atom stereocenters. The Labute approximate surface area is 160 Å². The average molecular weight is 378 g/mol. The molecule has 0 fully saturated rings. The van der Waals surface area contributed by atoms with E-state index in [1.807, 2.05) is 0 Å². The molecule has 2 unspecified atom stereocenters. The SMILES string of the molecule is COc1ccc(OC)c(C(O)C(C)N)c1.C[C@H](N)[C@H](O)c1cccc(O)c1. The van der Waals surface area contributed by atoms with Gasteiger partial charge >= 0.3 is 0 Å². The van der Waals surface area contributed by atoms with Crippen LogP contribution in [-0.4, -0.2) is 41.6 Å². The quantitative estimate of drug-likeness (QED) is 0.518. The monoisotopic (exact) mass is 378 g/mol. The zero-order chi connectivity index (χ0) is 20.6. The van der Waals surface area contributed by atoms with Crippen molar-refractivity contribution in [2.24, 2.45) is 11.5 Å². The van der Waals surface area contributed by atoms with Crippen LogP contribution < -0.4 is 20.9 Å². The van der Waals surface area contributed by atoms with Gasteiger partial charge in [-0.25, -0.2) is 0 Å². The van der Waals surface area contributed by atoms with Crippen LogP contribution in [0.15, 0.2) is 42.5 Å². The molecule has 0 saturated heterocycles. The van der Waals surface area contributed by atoms with Gasteiger partial charge in [0.2, 0.25) is 0 Å². The molecule has 0 spiro atoms. The molecule has 7 heteroatoms. The Morgan fingerprint density at radius 1 is 0.852 bits per heavy atom. The highest BCUT2D eigenvalue weighted by Gasteiger charge is 2.17. The Kier molecular flexibility index (Phi) is 9.04.